The molecule has 146 valence electrons. The molecule has 7 nitrogen and oxygen atoms in total. The Morgan fingerprint density at radius 2 is 1.96 bits per heavy atom. The zero-order valence-corrected chi connectivity index (χ0v) is 19.6. The number of thiophene rings is 1. The minimum Gasteiger partial charge on any atom is -0.353 e. The molecule has 10 heteroatoms. The van der Waals surface area contributed by atoms with Gasteiger partial charge in [-0.05, 0) is 24.3 Å². The summed E-state index contributed by atoms with van der Waals surface area (Å²) in [5.41, 5.74) is 1.18. The quantitative estimate of drug-likeness (QED) is 0.367. The number of nitrogens with one attached hydrogen (secondary N) is 1. The van der Waals surface area contributed by atoms with Crippen LogP contribution in [0.3, 0.4) is 0 Å². The van der Waals surface area contributed by atoms with Crippen molar-refractivity contribution in [1.29, 1.82) is 0 Å². The molecular weight excluding hydrogens is 485 g/mol. The summed E-state index contributed by atoms with van der Waals surface area (Å²) < 4.78 is 27.9. The number of rotatable bonds is 6. The highest BCUT2D eigenvalue weighted by Crippen LogP contribution is 2.23. The van der Waals surface area contributed by atoms with E-state index in [1.807, 2.05) is 37.3 Å². The fourth-order valence-corrected chi connectivity index (χ4v) is 4.77. The lowest BCUT2D eigenvalue weighted by atomic mass is 10.4. The molecule has 0 aliphatic heterocycles. The van der Waals surface area contributed by atoms with Crippen LogP contribution in [0.25, 0.3) is 0 Å². The Morgan fingerprint density at radius 3 is 2.50 bits per heavy atom. The molecule has 0 bridgehead atoms. The molecule has 2 aromatic rings. The highest BCUT2D eigenvalue weighted by atomic mass is 127. The zero-order chi connectivity index (χ0) is 18.6. The molecule has 26 heavy (non-hydrogen) atoms. The molecule has 0 aliphatic carbocycles. The normalized spacial score (nSPS) is 12.2. The average Bonchev–Trinajstić information content (AvgIpc) is 3.18. The summed E-state index contributed by atoms with van der Waals surface area (Å²) in [6.45, 7) is 1.26. The lowest BCUT2D eigenvalue weighted by molar-refractivity contribution is 0.462. The summed E-state index contributed by atoms with van der Waals surface area (Å²) in [4.78, 5) is 7.26. The van der Waals surface area contributed by atoms with Gasteiger partial charge >= 0.3 is 0 Å². The Hall–Kier alpha value is -1.11. The molecule has 0 aliphatic rings. The summed E-state index contributed by atoms with van der Waals surface area (Å²) in [6.07, 6.45) is 2.01. The Labute approximate surface area is 176 Å². The third-order valence-corrected chi connectivity index (χ3v) is 7.18. The first-order chi connectivity index (χ1) is 11.8. The van der Waals surface area contributed by atoms with Gasteiger partial charge in [-0.3, -0.25) is 4.99 Å². The van der Waals surface area contributed by atoms with Gasteiger partial charge in [-0.15, -0.1) is 35.3 Å². The monoisotopic (exact) mass is 511 g/mol. The molecule has 1 N–H and O–H groups in total. The van der Waals surface area contributed by atoms with Gasteiger partial charge in [-0.2, -0.15) is 0 Å². The summed E-state index contributed by atoms with van der Waals surface area (Å²) in [6, 6.07) is 7.56. The molecule has 0 saturated carbocycles. The van der Waals surface area contributed by atoms with E-state index in [4.69, 9.17) is 0 Å². The molecule has 0 spiro atoms. The Morgan fingerprint density at radius 1 is 1.27 bits per heavy atom. The fourth-order valence-electron chi connectivity index (χ4n) is 2.30. The van der Waals surface area contributed by atoms with Crippen molar-refractivity contribution in [2.75, 3.05) is 28.2 Å². The molecular formula is C16H26IN5O2S2. The van der Waals surface area contributed by atoms with E-state index < -0.39 is 10.0 Å². The number of hydrogen-bond acceptors (Lipinski definition) is 4. The minimum absolute atomic E-state index is 0. The van der Waals surface area contributed by atoms with Gasteiger partial charge < -0.3 is 14.8 Å². The van der Waals surface area contributed by atoms with E-state index in [9.17, 15) is 8.42 Å². The van der Waals surface area contributed by atoms with E-state index in [1.165, 1.54) is 35.4 Å². The number of aryl methyl sites for hydroxylation is 1. The van der Waals surface area contributed by atoms with Crippen LogP contribution < -0.4 is 5.32 Å². The lowest BCUT2D eigenvalue weighted by Gasteiger charge is -2.22. The summed E-state index contributed by atoms with van der Waals surface area (Å²) >= 11 is 1.27. The molecule has 0 radical (unpaired) electrons. The molecule has 0 atom stereocenters. The number of nitrogens with zero attached hydrogens (tertiary/aromatic N) is 4. The number of aromatic nitrogens is 1. The van der Waals surface area contributed by atoms with Crippen molar-refractivity contribution in [2.45, 2.75) is 17.3 Å². The van der Waals surface area contributed by atoms with Gasteiger partial charge in [0.1, 0.15) is 4.21 Å². The van der Waals surface area contributed by atoms with E-state index in [1.54, 1.807) is 13.1 Å². The van der Waals surface area contributed by atoms with Gasteiger partial charge in [0.2, 0.25) is 0 Å². The summed E-state index contributed by atoms with van der Waals surface area (Å²) in [7, 11) is 5.41. The number of sulfonamides is 1. The SMILES string of the molecule is CN=C(NCc1ccc(S(=O)(=O)N(C)C)s1)N(C)Cc1cccn1C.I. The standard InChI is InChI=1S/C16H25N5O2S2.HI/c1-17-16(21(5)12-13-7-6-10-20(13)4)18-11-14-8-9-15(24-14)25(22,23)19(2)3;/h6-10H,11-12H2,1-5H3,(H,17,18);1H. The van der Waals surface area contributed by atoms with E-state index in [0.717, 1.165) is 17.4 Å². The van der Waals surface area contributed by atoms with Gasteiger partial charge in [0.05, 0.1) is 13.1 Å². The van der Waals surface area contributed by atoms with Crippen LogP contribution in [0.1, 0.15) is 10.6 Å². The zero-order valence-electron chi connectivity index (χ0n) is 15.6. The second kappa shape index (κ2) is 9.72. The smallest absolute Gasteiger partial charge is 0.252 e. The predicted molar refractivity (Wildman–Crippen MR) is 118 cm³/mol. The Kier molecular flexibility index (Phi) is 8.57. The largest absolute Gasteiger partial charge is 0.353 e. The third-order valence-electron chi connectivity index (χ3n) is 3.82. The van der Waals surface area contributed by atoms with Gasteiger partial charge in [0.15, 0.2) is 5.96 Å². The van der Waals surface area contributed by atoms with E-state index in [0.29, 0.717) is 10.8 Å². The van der Waals surface area contributed by atoms with Gasteiger partial charge in [-0.1, -0.05) is 0 Å². The number of guanidine groups is 1. The maximum atomic E-state index is 12.1. The first kappa shape index (κ1) is 22.9. The number of halogens is 1. The van der Waals surface area contributed by atoms with Gasteiger partial charge in [0, 0.05) is 52.0 Å². The van der Waals surface area contributed by atoms with Crippen LogP contribution in [0, 0.1) is 0 Å². The molecule has 2 heterocycles. The van der Waals surface area contributed by atoms with Crippen molar-refractivity contribution in [3.8, 4) is 0 Å². The summed E-state index contributed by atoms with van der Waals surface area (Å²) in [5.74, 6) is 0.756. The predicted octanol–water partition coefficient (Wildman–Crippen LogP) is 2.16. The summed E-state index contributed by atoms with van der Waals surface area (Å²) in [5, 5.41) is 3.28. The molecule has 2 aromatic heterocycles. The van der Waals surface area contributed by atoms with Crippen molar-refractivity contribution < 1.29 is 8.42 Å². The minimum atomic E-state index is -3.37. The first-order valence-electron chi connectivity index (χ1n) is 7.79. The molecule has 0 saturated heterocycles. The topological polar surface area (TPSA) is 69.9 Å². The van der Waals surface area contributed by atoms with E-state index in [2.05, 4.69) is 20.9 Å². The molecule has 0 unspecified atom stereocenters. The first-order valence-corrected chi connectivity index (χ1v) is 10.0. The average molecular weight is 511 g/mol. The van der Waals surface area contributed by atoms with Crippen molar-refractivity contribution in [3.63, 3.8) is 0 Å². The van der Waals surface area contributed by atoms with Crippen LogP contribution in [-0.4, -0.2) is 56.3 Å². The Balaban J connectivity index is 0.00000338. The van der Waals surface area contributed by atoms with Crippen LogP contribution in [-0.2, 0) is 30.2 Å². The van der Waals surface area contributed by atoms with Crippen LogP contribution in [0.2, 0.25) is 0 Å². The van der Waals surface area contributed by atoms with Gasteiger partial charge in [0.25, 0.3) is 10.0 Å². The van der Waals surface area contributed by atoms with E-state index in [-0.39, 0.29) is 24.0 Å². The third kappa shape index (κ3) is 5.44. The molecule has 0 aromatic carbocycles. The Bertz CT molecular complexity index is 842. The van der Waals surface area contributed by atoms with Gasteiger partial charge in [-0.25, -0.2) is 12.7 Å². The number of aliphatic imine (C=N–C) groups is 1. The fraction of sp³-hybridized carbons (Fsp3) is 0.438. The molecule has 2 rings (SSSR count). The van der Waals surface area contributed by atoms with Crippen LogP contribution in [0.15, 0.2) is 39.7 Å². The second-order valence-corrected chi connectivity index (χ2v) is 9.42. The van der Waals surface area contributed by atoms with Crippen molar-refractivity contribution in [1.82, 2.24) is 19.1 Å². The van der Waals surface area contributed by atoms with Crippen LogP contribution in [0.4, 0.5) is 0 Å². The van der Waals surface area contributed by atoms with Crippen LogP contribution in [0.5, 0.6) is 0 Å². The van der Waals surface area contributed by atoms with Crippen molar-refractivity contribution in [3.05, 3.63) is 41.0 Å². The lowest BCUT2D eigenvalue weighted by Crippen LogP contribution is -2.38. The van der Waals surface area contributed by atoms with Crippen molar-refractivity contribution >= 4 is 51.3 Å². The second-order valence-electron chi connectivity index (χ2n) is 5.88. The molecule has 0 fully saturated rings. The van der Waals surface area contributed by atoms with Crippen LogP contribution >= 0.6 is 35.3 Å². The maximum Gasteiger partial charge on any atom is 0.252 e. The van der Waals surface area contributed by atoms with E-state index >= 15 is 0 Å². The molecule has 0 amide bonds. The highest BCUT2D eigenvalue weighted by molar-refractivity contribution is 14.0. The highest BCUT2D eigenvalue weighted by Gasteiger charge is 2.19. The number of hydrogen-bond donors (Lipinski definition) is 1. The maximum absolute atomic E-state index is 12.1. The van der Waals surface area contributed by atoms with Crippen molar-refractivity contribution in [2.24, 2.45) is 12.0 Å².